The van der Waals surface area contributed by atoms with Gasteiger partial charge in [0.15, 0.2) is 0 Å². The van der Waals surface area contributed by atoms with E-state index in [0.717, 1.165) is 32.4 Å². The molecule has 1 rings (SSSR count). The molecule has 0 spiro atoms. The highest BCUT2D eigenvalue weighted by Crippen LogP contribution is 2.11. The van der Waals surface area contributed by atoms with Crippen molar-refractivity contribution in [2.45, 2.75) is 26.2 Å². The Labute approximate surface area is 86.5 Å². The second-order valence-corrected chi connectivity index (χ2v) is 5.74. The van der Waals surface area contributed by atoms with E-state index in [-0.39, 0.29) is 11.7 Å². The van der Waals surface area contributed by atoms with Gasteiger partial charge in [-0.2, -0.15) is 0 Å². The maximum Gasteiger partial charge on any atom is 0.211 e. The van der Waals surface area contributed by atoms with Crippen molar-refractivity contribution < 1.29 is 8.42 Å². The van der Waals surface area contributed by atoms with Crippen LogP contribution in [0.25, 0.3) is 0 Å². The van der Waals surface area contributed by atoms with Gasteiger partial charge in [-0.1, -0.05) is 6.92 Å². The summed E-state index contributed by atoms with van der Waals surface area (Å²) in [6, 6.07) is 0. The third-order valence-electron chi connectivity index (χ3n) is 2.43. The summed E-state index contributed by atoms with van der Waals surface area (Å²) < 4.78 is 25.6. The van der Waals surface area contributed by atoms with Gasteiger partial charge in [0.05, 0.1) is 5.75 Å². The molecule has 84 valence electrons. The van der Waals surface area contributed by atoms with Gasteiger partial charge in [-0.3, -0.25) is 0 Å². The fourth-order valence-corrected chi connectivity index (χ4v) is 3.23. The van der Waals surface area contributed by atoms with E-state index in [9.17, 15) is 8.42 Å². The van der Waals surface area contributed by atoms with Gasteiger partial charge in [0.1, 0.15) is 0 Å². The molecule has 0 bridgehead atoms. The molecule has 1 aliphatic heterocycles. The molecule has 4 nitrogen and oxygen atoms in total. The van der Waals surface area contributed by atoms with Crippen LogP contribution in [0.2, 0.25) is 0 Å². The van der Waals surface area contributed by atoms with Crippen LogP contribution in [-0.2, 0) is 10.0 Å². The molecule has 0 radical (unpaired) electrons. The number of hydrogen-bond donors (Lipinski definition) is 2. The number of sulfonamides is 1. The van der Waals surface area contributed by atoms with E-state index in [2.05, 4.69) is 10.0 Å². The lowest BCUT2D eigenvalue weighted by Crippen LogP contribution is -2.37. The summed E-state index contributed by atoms with van der Waals surface area (Å²) in [4.78, 5) is 0. The van der Waals surface area contributed by atoms with E-state index in [1.54, 1.807) is 0 Å². The Bertz CT molecular complexity index is 246. The lowest BCUT2D eigenvalue weighted by molar-refractivity contribution is 0.403. The van der Waals surface area contributed by atoms with E-state index in [1.165, 1.54) is 0 Å². The summed E-state index contributed by atoms with van der Waals surface area (Å²) in [6.45, 7) is 4.39. The van der Waals surface area contributed by atoms with Crippen molar-refractivity contribution in [1.82, 2.24) is 10.0 Å². The quantitative estimate of drug-likeness (QED) is 0.701. The molecule has 0 aromatic carbocycles. The van der Waals surface area contributed by atoms with Crippen LogP contribution in [0.15, 0.2) is 0 Å². The summed E-state index contributed by atoms with van der Waals surface area (Å²) in [7, 11) is -3.03. The van der Waals surface area contributed by atoms with Crippen molar-refractivity contribution in [3.8, 4) is 0 Å². The number of rotatable bonds is 5. The summed E-state index contributed by atoms with van der Waals surface area (Å²) in [5.74, 6) is 0.568. The molecule has 5 heteroatoms. The average molecular weight is 220 g/mol. The largest absolute Gasteiger partial charge is 0.316 e. The van der Waals surface area contributed by atoms with Crippen LogP contribution >= 0.6 is 0 Å². The predicted octanol–water partition coefficient (Wildman–Crippen LogP) is 0.315. The smallest absolute Gasteiger partial charge is 0.211 e. The standard InChI is InChI=1S/C9H20N2O2S/c1-2-5-11-14(12,13)8-9-4-3-6-10-7-9/h9-11H,2-8H2,1H3. The minimum atomic E-state index is -3.03. The zero-order valence-corrected chi connectivity index (χ0v) is 9.57. The molecule has 0 aromatic heterocycles. The van der Waals surface area contributed by atoms with Crippen LogP contribution in [0.1, 0.15) is 26.2 Å². The molecule has 0 saturated carbocycles. The van der Waals surface area contributed by atoms with Crippen molar-refractivity contribution in [3.05, 3.63) is 0 Å². The van der Waals surface area contributed by atoms with Gasteiger partial charge in [-0.25, -0.2) is 13.1 Å². The minimum Gasteiger partial charge on any atom is -0.316 e. The van der Waals surface area contributed by atoms with E-state index in [0.29, 0.717) is 6.54 Å². The van der Waals surface area contributed by atoms with Crippen molar-refractivity contribution in [2.75, 3.05) is 25.4 Å². The highest BCUT2D eigenvalue weighted by molar-refractivity contribution is 7.89. The first-order chi connectivity index (χ1) is 6.64. The van der Waals surface area contributed by atoms with E-state index in [1.807, 2.05) is 6.92 Å². The van der Waals surface area contributed by atoms with Crippen LogP contribution in [0.5, 0.6) is 0 Å². The summed E-state index contributed by atoms with van der Waals surface area (Å²) >= 11 is 0. The Kier molecular flexibility index (Phi) is 4.84. The first-order valence-electron chi connectivity index (χ1n) is 5.32. The first kappa shape index (κ1) is 11.9. The molecule has 1 saturated heterocycles. The molecule has 1 heterocycles. The van der Waals surface area contributed by atoms with Crippen LogP contribution in [0.3, 0.4) is 0 Å². The van der Waals surface area contributed by atoms with Gasteiger partial charge < -0.3 is 5.32 Å². The van der Waals surface area contributed by atoms with E-state index in [4.69, 9.17) is 0 Å². The Hall–Kier alpha value is -0.130. The molecule has 1 aliphatic rings. The molecule has 0 amide bonds. The van der Waals surface area contributed by atoms with E-state index >= 15 is 0 Å². The van der Waals surface area contributed by atoms with Gasteiger partial charge in [-0.15, -0.1) is 0 Å². The SMILES string of the molecule is CCCNS(=O)(=O)CC1CCCNC1. The van der Waals surface area contributed by atoms with Crippen LogP contribution in [0, 0.1) is 5.92 Å². The maximum atomic E-state index is 11.5. The molecule has 1 atom stereocenters. The van der Waals surface area contributed by atoms with Crippen LogP contribution in [0.4, 0.5) is 0 Å². The molecule has 0 aliphatic carbocycles. The molecule has 2 N–H and O–H groups in total. The summed E-state index contributed by atoms with van der Waals surface area (Å²) in [5.41, 5.74) is 0. The fourth-order valence-electron chi connectivity index (χ4n) is 1.69. The first-order valence-corrected chi connectivity index (χ1v) is 6.97. The summed E-state index contributed by atoms with van der Waals surface area (Å²) in [5, 5.41) is 3.22. The van der Waals surface area contributed by atoms with Crippen molar-refractivity contribution in [2.24, 2.45) is 5.92 Å². The molecule has 0 aromatic rings. The second kappa shape index (κ2) is 5.68. The molecule has 1 unspecified atom stereocenters. The maximum absolute atomic E-state index is 11.5. The highest BCUT2D eigenvalue weighted by Gasteiger charge is 2.20. The zero-order valence-electron chi connectivity index (χ0n) is 8.75. The van der Waals surface area contributed by atoms with Crippen LogP contribution < -0.4 is 10.0 Å². The molecular weight excluding hydrogens is 200 g/mol. The highest BCUT2D eigenvalue weighted by atomic mass is 32.2. The molecule has 1 fully saturated rings. The lowest BCUT2D eigenvalue weighted by Gasteiger charge is -2.22. The van der Waals surface area contributed by atoms with Crippen molar-refractivity contribution >= 4 is 10.0 Å². The van der Waals surface area contributed by atoms with Gasteiger partial charge in [0, 0.05) is 6.54 Å². The fraction of sp³-hybridized carbons (Fsp3) is 1.00. The zero-order chi connectivity index (χ0) is 10.4. The Morgan fingerprint density at radius 2 is 2.29 bits per heavy atom. The number of hydrogen-bond acceptors (Lipinski definition) is 3. The molecule has 14 heavy (non-hydrogen) atoms. The van der Waals surface area contributed by atoms with Crippen LogP contribution in [-0.4, -0.2) is 33.8 Å². The van der Waals surface area contributed by atoms with Crippen molar-refractivity contribution in [1.29, 1.82) is 0 Å². The Morgan fingerprint density at radius 3 is 2.86 bits per heavy atom. The van der Waals surface area contributed by atoms with Gasteiger partial charge in [0.2, 0.25) is 10.0 Å². The minimum absolute atomic E-state index is 0.278. The van der Waals surface area contributed by atoms with Gasteiger partial charge >= 0.3 is 0 Å². The lowest BCUT2D eigenvalue weighted by atomic mass is 10.0. The Balaban J connectivity index is 2.33. The monoisotopic (exact) mass is 220 g/mol. The second-order valence-electron chi connectivity index (χ2n) is 3.89. The van der Waals surface area contributed by atoms with Gasteiger partial charge in [0.25, 0.3) is 0 Å². The topological polar surface area (TPSA) is 58.2 Å². The van der Waals surface area contributed by atoms with Gasteiger partial charge in [-0.05, 0) is 38.3 Å². The number of nitrogens with one attached hydrogen (secondary N) is 2. The third kappa shape index (κ3) is 4.39. The average Bonchev–Trinajstić information content (AvgIpc) is 2.16. The summed E-state index contributed by atoms with van der Waals surface area (Å²) in [6.07, 6.45) is 2.97. The number of piperidine rings is 1. The van der Waals surface area contributed by atoms with E-state index < -0.39 is 10.0 Å². The molecular formula is C9H20N2O2S. The third-order valence-corrected chi connectivity index (χ3v) is 3.98. The normalized spacial score (nSPS) is 23.6. The van der Waals surface area contributed by atoms with Crippen molar-refractivity contribution in [3.63, 3.8) is 0 Å². The predicted molar refractivity (Wildman–Crippen MR) is 57.7 cm³/mol. The Morgan fingerprint density at radius 1 is 1.50 bits per heavy atom.